The van der Waals surface area contributed by atoms with E-state index in [1.165, 1.54) is 16.4 Å². The van der Waals surface area contributed by atoms with Gasteiger partial charge in [-0.3, -0.25) is 14.5 Å². The van der Waals surface area contributed by atoms with E-state index in [1.54, 1.807) is 7.05 Å². The number of carboxylic acid groups (broad SMARTS) is 1. The number of hydrogen-bond donors (Lipinski definition) is 3. The third-order valence-electron chi connectivity index (χ3n) is 4.02. The van der Waals surface area contributed by atoms with E-state index in [4.69, 9.17) is 5.26 Å². The fraction of sp³-hybridized carbons (Fsp3) is 0.500. The maximum Gasteiger partial charge on any atom is 0.352 e. The standard InChI is InChI=1S/C14H15N7O5S3/c1-20-13(17-18-19-20)29-5-7-4-28-12-14(26,16-8(22)6-27-3-2-15)11(25)21(12)9(7)10(23)24/h12,26H,3-6H2,1H3,(H,16,22)(H,23,24)/t12-,14+/m1/s1. The van der Waals surface area contributed by atoms with Gasteiger partial charge in [0.05, 0.1) is 17.6 Å². The van der Waals surface area contributed by atoms with Gasteiger partial charge in [-0.05, 0) is 16.0 Å². The number of tetrazole rings is 1. The topological polar surface area (TPSA) is 174 Å². The number of thioether (sulfide) groups is 3. The highest BCUT2D eigenvalue weighted by molar-refractivity contribution is 8.01. The number of nitrogens with zero attached hydrogens (tertiary/aromatic N) is 6. The molecule has 15 heteroatoms. The van der Waals surface area contributed by atoms with Gasteiger partial charge in [-0.2, -0.15) is 5.26 Å². The summed E-state index contributed by atoms with van der Waals surface area (Å²) in [4.78, 5) is 37.3. The Kier molecular flexibility index (Phi) is 6.36. The Hall–Kier alpha value is -2.28. The Morgan fingerprint density at radius 2 is 2.28 bits per heavy atom. The van der Waals surface area contributed by atoms with Crippen LogP contribution in [0.5, 0.6) is 0 Å². The molecule has 1 fully saturated rings. The lowest BCUT2D eigenvalue weighted by Crippen LogP contribution is -2.80. The molecule has 0 aromatic carbocycles. The van der Waals surface area contributed by atoms with E-state index < -0.39 is 28.9 Å². The van der Waals surface area contributed by atoms with Crippen LogP contribution in [0.4, 0.5) is 0 Å². The molecule has 0 bridgehead atoms. The summed E-state index contributed by atoms with van der Waals surface area (Å²) in [7, 11) is 1.65. The van der Waals surface area contributed by atoms with Gasteiger partial charge in [-0.15, -0.1) is 28.6 Å². The second-order valence-corrected chi connectivity index (χ2v) is 8.93. The summed E-state index contributed by atoms with van der Waals surface area (Å²) >= 11 is 3.42. The number of nitrogens with one attached hydrogen (secondary N) is 1. The number of carboxylic acids is 1. The molecule has 2 aliphatic rings. The van der Waals surface area contributed by atoms with Crippen molar-refractivity contribution in [3.63, 3.8) is 0 Å². The monoisotopic (exact) mass is 457 g/mol. The lowest BCUT2D eigenvalue weighted by molar-refractivity contribution is -0.185. The van der Waals surface area contributed by atoms with Crippen molar-refractivity contribution in [3.05, 3.63) is 11.3 Å². The molecule has 2 aliphatic heterocycles. The third-order valence-corrected chi connectivity index (χ3v) is 7.30. The highest BCUT2D eigenvalue weighted by Crippen LogP contribution is 2.45. The Morgan fingerprint density at radius 3 is 2.90 bits per heavy atom. The number of carbonyl (C=O) groups excluding carboxylic acids is 2. The van der Waals surface area contributed by atoms with Gasteiger partial charge in [0.15, 0.2) is 0 Å². The SMILES string of the molecule is Cn1nnnc1SCC1=C(C(=O)O)N2C(=O)[C@@](O)(NC(=O)CSCC#N)[C@H]2SC1. The zero-order valence-corrected chi connectivity index (χ0v) is 17.4. The molecule has 0 aliphatic carbocycles. The van der Waals surface area contributed by atoms with Gasteiger partial charge in [0.25, 0.3) is 11.6 Å². The van der Waals surface area contributed by atoms with Crippen LogP contribution in [-0.4, -0.2) is 87.2 Å². The van der Waals surface area contributed by atoms with Crippen LogP contribution in [0, 0.1) is 11.3 Å². The maximum atomic E-state index is 12.6. The molecule has 0 saturated carbocycles. The van der Waals surface area contributed by atoms with Gasteiger partial charge in [0, 0.05) is 18.6 Å². The van der Waals surface area contributed by atoms with Crippen LogP contribution in [-0.2, 0) is 21.4 Å². The molecule has 3 rings (SSSR count). The first-order chi connectivity index (χ1) is 13.8. The van der Waals surface area contributed by atoms with Crippen molar-refractivity contribution < 1.29 is 24.6 Å². The molecular formula is C14H15N7O5S3. The molecule has 1 aromatic heterocycles. The van der Waals surface area contributed by atoms with Crippen LogP contribution in [0.25, 0.3) is 0 Å². The van der Waals surface area contributed by atoms with Gasteiger partial charge in [0.1, 0.15) is 11.1 Å². The number of β-lactam (4-membered cyclic amide) rings is 1. The molecular weight excluding hydrogens is 442 g/mol. The molecule has 0 radical (unpaired) electrons. The van der Waals surface area contributed by atoms with Crippen molar-refractivity contribution in [3.8, 4) is 6.07 Å². The van der Waals surface area contributed by atoms with Gasteiger partial charge >= 0.3 is 5.97 Å². The normalized spacial score (nSPS) is 23.3. The van der Waals surface area contributed by atoms with Crippen LogP contribution in [0.2, 0.25) is 0 Å². The van der Waals surface area contributed by atoms with E-state index in [0.717, 1.165) is 28.4 Å². The average molecular weight is 458 g/mol. The smallest absolute Gasteiger partial charge is 0.352 e. The fourth-order valence-corrected chi connectivity index (χ4v) is 5.55. The first kappa shape index (κ1) is 21.4. The summed E-state index contributed by atoms with van der Waals surface area (Å²) in [6.45, 7) is 0. The van der Waals surface area contributed by atoms with Gasteiger partial charge < -0.3 is 15.5 Å². The number of aromatic nitrogens is 4. The van der Waals surface area contributed by atoms with E-state index in [2.05, 4.69) is 20.8 Å². The number of aliphatic hydroxyl groups is 1. The zero-order valence-electron chi connectivity index (χ0n) is 14.9. The number of hydrogen-bond acceptors (Lipinski definition) is 11. The Morgan fingerprint density at radius 1 is 1.52 bits per heavy atom. The van der Waals surface area contributed by atoms with E-state index >= 15 is 0 Å². The molecule has 1 aromatic rings. The molecule has 2 atom stereocenters. The first-order valence-corrected chi connectivity index (χ1v) is 11.2. The number of aryl methyl sites for hydroxylation is 1. The quantitative estimate of drug-likeness (QED) is 0.181. The number of carbonyl (C=O) groups is 3. The van der Waals surface area contributed by atoms with Gasteiger partial charge in [-0.1, -0.05) is 11.8 Å². The molecule has 154 valence electrons. The summed E-state index contributed by atoms with van der Waals surface area (Å²) in [5.41, 5.74) is -1.90. The zero-order chi connectivity index (χ0) is 21.2. The molecule has 1 saturated heterocycles. The number of amides is 2. The van der Waals surface area contributed by atoms with E-state index in [1.807, 2.05) is 6.07 Å². The molecule has 3 N–H and O–H groups in total. The predicted octanol–water partition coefficient (Wildman–Crippen LogP) is -1.38. The Balaban J connectivity index is 1.74. The lowest BCUT2D eigenvalue weighted by atomic mass is 9.99. The van der Waals surface area contributed by atoms with E-state index in [-0.39, 0.29) is 28.7 Å². The van der Waals surface area contributed by atoms with Crippen LogP contribution < -0.4 is 5.32 Å². The highest BCUT2D eigenvalue weighted by atomic mass is 32.2. The number of rotatable bonds is 8. The summed E-state index contributed by atoms with van der Waals surface area (Å²) < 4.78 is 1.44. The van der Waals surface area contributed by atoms with Crippen LogP contribution in [0.1, 0.15) is 0 Å². The lowest BCUT2D eigenvalue weighted by Gasteiger charge is -2.54. The largest absolute Gasteiger partial charge is 0.477 e. The summed E-state index contributed by atoms with van der Waals surface area (Å²) in [6.07, 6.45) is 0. The second-order valence-electron chi connectivity index (χ2n) is 5.94. The van der Waals surface area contributed by atoms with Crippen molar-refractivity contribution in [2.24, 2.45) is 7.05 Å². The average Bonchev–Trinajstić information content (AvgIpc) is 3.10. The van der Waals surface area contributed by atoms with Crippen molar-refractivity contribution in [2.45, 2.75) is 16.3 Å². The fourth-order valence-electron chi connectivity index (χ4n) is 2.76. The summed E-state index contributed by atoms with van der Waals surface area (Å²) in [5, 5.41) is 41.6. The summed E-state index contributed by atoms with van der Waals surface area (Å²) in [5.74, 6) is -2.33. The minimum absolute atomic E-state index is 0.0953. The molecule has 12 nitrogen and oxygen atoms in total. The number of aliphatic carboxylic acids is 1. The van der Waals surface area contributed by atoms with Crippen molar-refractivity contribution >= 4 is 53.1 Å². The Bertz CT molecular complexity index is 929. The minimum Gasteiger partial charge on any atom is -0.477 e. The number of nitriles is 1. The van der Waals surface area contributed by atoms with Gasteiger partial charge in [0.2, 0.25) is 11.1 Å². The van der Waals surface area contributed by atoms with E-state index in [9.17, 15) is 24.6 Å². The maximum absolute atomic E-state index is 12.6. The third kappa shape index (κ3) is 4.06. The van der Waals surface area contributed by atoms with Crippen LogP contribution >= 0.6 is 35.3 Å². The molecule has 2 amide bonds. The minimum atomic E-state index is -2.18. The Labute approximate surface area is 177 Å². The van der Waals surface area contributed by atoms with Crippen molar-refractivity contribution in [2.75, 3.05) is 23.0 Å². The van der Waals surface area contributed by atoms with Crippen LogP contribution in [0.3, 0.4) is 0 Å². The van der Waals surface area contributed by atoms with Crippen LogP contribution in [0.15, 0.2) is 16.4 Å². The molecule has 29 heavy (non-hydrogen) atoms. The van der Waals surface area contributed by atoms with Crippen molar-refractivity contribution in [1.29, 1.82) is 5.26 Å². The van der Waals surface area contributed by atoms with Crippen molar-refractivity contribution in [1.82, 2.24) is 30.4 Å². The molecule has 0 spiro atoms. The predicted molar refractivity (Wildman–Crippen MR) is 103 cm³/mol. The summed E-state index contributed by atoms with van der Waals surface area (Å²) in [6, 6.07) is 1.87. The molecule has 0 unspecified atom stereocenters. The highest BCUT2D eigenvalue weighted by Gasteiger charge is 2.65. The van der Waals surface area contributed by atoms with E-state index in [0.29, 0.717) is 10.7 Å². The van der Waals surface area contributed by atoms with Gasteiger partial charge in [-0.25, -0.2) is 9.48 Å². The first-order valence-electron chi connectivity index (χ1n) is 8.03. The molecule has 3 heterocycles. The number of fused-ring (bicyclic) bond motifs is 1. The second kappa shape index (κ2) is 8.61.